The second kappa shape index (κ2) is 9.14. The van der Waals surface area contributed by atoms with Crippen LogP contribution in [0.15, 0.2) is 146 Å². The Bertz CT molecular complexity index is 2140. The van der Waals surface area contributed by atoms with Crippen LogP contribution in [0.2, 0.25) is 0 Å². The van der Waals surface area contributed by atoms with Gasteiger partial charge in [-0.05, 0) is 77.5 Å². The van der Waals surface area contributed by atoms with Crippen molar-refractivity contribution in [3.8, 4) is 33.4 Å². The van der Waals surface area contributed by atoms with Crippen LogP contribution in [0.3, 0.4) is 0 Å². The summed E-state index contributed by atoms with van der Waals surface area (Å²) in [4.78, 5) is 8.67. The molecule has 8 rings (SSSR count). The zero-order valence-corrected chi connectivity index (χ0v) is 21.8. The summed E-state index contributed by atoms with van der Waals surface area (Å²) < 4.78 is 0. The van der Waals surface area contributed by atoms with Gasteiger partial charge in [-0.15, -0.1) is 0 Å². The summed E-state index contributed by atoms with van der Waals surface area (Å²) >= 11 is 0. The second-order valence-corrected chi connectivity index (χ2v) is 10.2. The molecule has 0 amide bonds. The summed E-state index contributed by atoms with van der Waals surface area (Å²) in [7, 11) is 0. The van der Waals surface area contributed by atoms with Crippen molar-refractivity contribution in [3.63, 3.8) is 0 Å². The van der Waals surface area contributed by atoms with E-state index in [-0.39, 0.29) is 0 Å². The number of aromatic nitrogens is 2. The maximum absolute atomic E-state index is 4.34. The highest BCUT2D eigenvalue weighted by Crippen LogP contribution is 2.44. The van der Waals surface area contributed by atoms with Crippen molar-refractivity contribution < 1.29 is 0 Å². The van der Waals surface area contributed by atoms with Gasteiger partial charge >= 0.3 is 0 Å². The average molecular weight is 509 g/mol. The molecule has 0 N–H and O–H groups in total. The molecule has 0 unspecified atom stereocenters. The van der Waals surface area contributed by atoms with Crippen molar-refractivity contribution in [3.05, 3.63) is 146 Å². The number of hydrogen-bond donors (Lipinski definition) is 0. The third-order valence-electron chi connectivity index (χ3n) is 8.01. The Balaban J connectivity index is 1.46. The largest absolute Gasteiger partial charge is 0.244 e. The van der Waals surface area contributed by atoms with Crippen LogP contribution in [-0.4, -0.2) is 9.97 Å². The van der Waals surface area contributed by atoms with Crippen molar-refractivity contribution in [1.82, 2.24) is 9.97 Å². The smallest absolute Gasteiger partial charge is 0.115 e. The van der Waals surface area contributed by atoms with E-state index in [1.165, 1.54) is 70.9 Å². The number of fused-ring (bicyclic) bond motifs is 5. The van der Waals surface area contributed by atoms with E-state index in [2.05, 4.69) is 137 Å². The summed E-state index contributed by atoms with van der Waals surface area (Å²) in [5, 5.41) is 9.91. The van der Waals surface area contributed by atoms with Crippen LogP contribution in [0.4, 0.5) is 0 Å². The first-order valence-corrected chi connectivity index (χ1v) is 13.6. The Kier molecular flexibility index (Phi) is 5.17. The Labute approximate surface area is 232 Å². The van der Waals surface area contributed by atoms with E-state index in [1.54, 1.807) is 6.33 Å². The zero-order chi connectivity index (χ0) is 26.5. The standard InChI is InChI=1S/C38H24N2/c1-2-10-25(11-3-1)35-20-26-18-19-27(21-36(26)30-13-5-4-12-29(30)35)37-31-14-6-8-16-33(31)38(28-22-39-24-40-23-28)34-17-9-7-15-32(34)37/h1-24H. The fourth-order valence-electron chi connectivity index (χ4n) is 6.29. The van der Waals surface area contributed by atoms with Crippen LogP contribution in [0, 0.1) is 0 Å². The molecule has 2 nitrogen and oxygen atoms in total. The molecule has 0 aliphatic carbocycles. The van der Waals surface area contributed by atoms with Crippen LogP contribution in [0.1, 0.15) is 0 Å². The lowest BCUT2D eigenvalue weighted by atomic mass is 9.85. The van der Waals surface area contributed by atoms with Gasteiger partial charge in [0.25, 0.3) is 0 Å². The molecule has 2 heteroatoms. The van der Waals surface area contributed by atoms with E-state index in [1.807, 2.05) is 12.4 Å². The quantitative estimate of drug-likeness (QED) is 0.175. The number of rotatable bonds is 3. The van der Waals surface area contributed by atoms with Gasteiger partial charge in [-0.3, -0.25) is 0 Å². The van der Waals surface area contributed by atoms with Crippen LogP contribution in [-0.2, 0) is 0 Å². The fraction of sp³-hybridized carbons (Fsp3) is 0. The Morgan fingerprint density at radius 3 is 1.50 bits per heavy atom. The molecule has 8 aromatic rings. The Morgan fingerprint density at radius 1 is 0.350 bits per heavy atom. The van der Waals surface area contributed by atoms with Crippen LogP contribution in [0.25, 0.3) is 76.5 Å². The highest BCUT2D eigenvalue weighted by molar-refractivity contribution is 6.22. The molecule has 0 spiro atoms. The topological polar surface area (TPSA) is 25.8 Å². The molecule has 0 bridgehead atoms. The third kappa shape index (κ3) is 3.50. The number of benzene rings is 7. The molecule has 1 heterocycles. The van der Waals surface area contributed by atoms with Gasteiger partial charge < -0.3 is 0 Å². The number of hydrogen-bond acceptors (Lipinski definition) is 2. The molecular formula is C38H24N2. The molecule has 0 fully saturated rings. The summed E-state index contributed by atoms with van der Waals surface area (Å²) in [5.74, 6) is 0. The fourth-order valence-corrected chi connectivity index (χ4v) is 6.29. The van der Waals surface area contributed by atoms with Crippen LogP contribution in [0.5, 0.6) is 0 Å². The highest BCUT2D eigenvalue weighted by atomic mass is 14.8. The number of nitrogens with zero attached hydrogens (tertiary/aromatic N) is 2. The predicted octanol–water partition coefficient (Wildman–Crippen LogP) is 10.1. The first-order valence-electron chi connectivity index (χ1n) is 13.6. The maximum Gasteiger partial charge on any atom is 0.115 e. The van der Waals surface area contributed by atoms with E-state index < -0.39 is 0 Å². The van der Waals surface area contributed by atoms with Gasteiger partial charge in [-0.2, -0.15) is 0 Å². The van der Waals surface area contributed by atoms with Gasteiger partial charge in [0.2, 0.25) is 0 Å². The molecule has 0 aliphatic heterocycles. The minimum atomic E-state index is 1.03. The van der Waals surface area contributed by atoms with Gasteiger partial charge in [0.1, 0.15) is 6.33 Å². The SMILES string of the molecule is c1ccc(-c2cc3ccc(-c4c5ccccc5c(-c5cncnc5)c5ccccc45)cc3c3ccccc23)cc1. The Morgan fingerprint density at radius 2 is 0.875 bits per heavy atom. The van der Waals surface area contributed by atoms with Gasteiger partial charge in [-0.25, -0.2) is 9.97 Å². The lowest BCUT2D eigenvalue weighted by Crippen LogP contribution is -1.92. The van der Waals surface area contributed by atoms with E-state index in [0.29, 0.717) is 0 Å². The molecular weight excluding hydrogens is 484 g/mol. The molecule has 40 heavy (non-hydrogen) atoms. The van der Waals surface area contributed by atoms with Gasteiger partial charge in [0.05, 0.1) is 0 Å². The lowest BCUT2D eigenvalue weighted by Gasteiger charge is -2.18. The van der Waals surface area contributed by atoms with Crippen molar-refractivity contribution in [2.24, 2.45) is 0 Å². The monoisotopic (exact) mass is 508 g/mol. The summed E-state index contributed by atoms with van der Waals surface area (Å²) in [6.45, 7) is 0. The van der Waals surface area contributed by atoms with E-state index in [0.717, 1.165) is 5.56 Å². The van der Waals surface area contributed by atoms with Gasteiger partial charge in [-0.1, -0.05) is 115 Å². The first-order chi connectivity index (χ1) is 19.9. The van der Waals surface area contributed by atoms with Gasteiger partial charge in [0, 0.05) is 23.5 Å². The maximum atomic E-state index is 4.34. The third-order valence-corrected chi connectivity index (χ3v) is 8.01. The summed E-state index contributed by atoms with van der Waals surface area (Å²) in [6.07, 6.45) is 5.41. The van der Waals surface area contributed by atoms with Gasteiger partial charge in [0.15, 0.2) is 0 Å². The highest BCUT2D eigenvalue weighted by Gasteiger charge is 2.17. The zero-order valence-electron chi connectivity index (χ0n) is 21.8. The first kappa shape index (κ1) is 22.6. The molecule has 0 saturated heterocycles. The minimum absolute atomic E-state index is 1.03. The van der Waals surface area contributed by atoms with Crippen LogP contribution < -0.4 is 0 Å². The Hall–Kier alpha value is -5.34. The van der Waals surface area contributed by atoms with E-state index in [4.69, 9.17) is 0 Å². The van der Waals surface area contributed by atoms with E-state index in [9.17, 15) is 0 Å². The minimum Gasteiger partial charge on any atom is -0.244 e. The van der Waals surface area contributed by atoms with Crippen molar-refractivity contribution >= 4 is 43.1 Å². The van der Waals surface area contributed by atoms with Crippen molar-refractivity contribution in [2.75, 3.05) is 0 Å². The van der Waals surface area contributed by atoms with E-state index >= 15 is 0 Å². The molecule has 1 aromatic heterocycles. The molecule has 0 atom stereocenters. The summed E-state index contributed by atoms with van der Waals surface area (Å²) in [5.41, 5.74) is 7.18. The van der Waals surface area contributed by atoms with Crippen LogP contribution >= 0.6 is 0 Å². The molecule has 0 aliphatic rings. The molecule has 0 saturated carbocycles. The normalized spacial score (nSPS) is 11.5. The lowest BCUT2D eigenvalue weighted by molar-refractivity contribution is 1.17. The molecule has 186 valence electrons. The average Bonchev–Trinajstić information content (AvgIpc) is 3.04. The second-order valence-electron chi connectivity index (χ2n) is 10.2. The molecule has 0 radical (unpaired) electrons. The summed E-state index contributed by atoms with van der Waals surface area (Å²) in [6, 6.07) is 46.2. The van der Waals surface area contributed by atoms with Crippen molar-refractivity contribution in [1.29, 1.82) is 0 Å². The van der Waals surface area contributed by atoms with Crippen molar-refractivity contribution in [2.45, 2.75) is 0 Å². The molecule has 7 aromatic carbocycles. The predicted molar refractivity (Wildman–Crippen MR) is 168 cm³/mol.